The molecule has 0 amide bonds. The molecule has 0 spiro atoms. The molecule has 0 aliphatic carbocycles. The van der Waals surface area contributed by atoms with Gasteiger partial charge in [-0.05, 0) is 18.4 Å². The zero-order valence-electron chi connectivity index (χ0n) is 15.1. The second-order valence-electron chi connectivity index (χ2n) is 6.30. The van der Waals surface area contributed by atoms with E-state index >= 15 is 0 Å². The first-order chi connectivity index (χ1) is 10.9. The predicted molar refractivity (Wildman–Crippen MR) is 93.9 cm³/mol. The molecule has 0 aliphatic rings. The van der Waals surface area contributed by atoms with Gasteiger partial charge in [0.25, 0.3) is 0 Å². The zero-order valence-corrected chi connectivity index (χ0v) is 15.1. The summed E-state index contributed by atoms with van der Waals surface area (Å²) in [6, 6.07) is 3.89. The Kier molecular flexibility index (Phi) is 7.81. The summed E-state index contributed by atoms with van der Waals surface area (Å²) >= 11 is 0. The normalized spacial score (nSPS) is 13.6. The zero-order chi connectivity index (χ0) is 17.3. The molecular formula is C17H30N4O2. The first-order valence-electron chi connectivity index (χ1n) is 7.96. The van der Waals surface area contributed by atoms with Crippen molar-refractivity contribution in [1.82, 2.24) is 15.6 Å². The Morgan fingerprint density at radius 2 is 2.09 bits per heavy atom. The van der Waals surface area contributed by atoms with Crippen LogP contribution < -0.4 is 15.4 Å². The van der Waals surface area contributed by atoms with Crippen LogP contribution in [-0.4, -0.2) is 44.4 Å². The Hall–Kier alpha value is -1.82. The molecule has 0 saturated carbocycles. The van der Waals surface area contributed by atoms with Crippen molar-refractivity contribution in [1.29, 1.82) is 0 Å². The molecule has 0 aliphatic heterocycles. The predicted octanol–water partition coefficient (Wildman–Crippen LogP) is 2.21. The maximum absolute atomic E-state index is 5.55. The first-order valence-corrected chi connectivity index (χ1v) is 7.96. The molecule has 1 atom stereocenters. The molecule has 1 unspecified atom stereocenters. The van der Waals surface area contributed by atoms with Crippen molar-refractivity contribution < 1.29 is 9.47 Å². The highest BCUT2D eigenvalue weighted by Crippen LogP contribution is 2.20. The van der Waals surface area contributed by atoms with E-state index in [4.69, 9.17) is 9.47 Å². The molecule has 1 aromatic rings. The lowest BCUT2D eigenvalue weighted by Gasteiger charge is -2.30. The highest BCUT2D eigenvalue weighted by molar-refractivity contribution is 5.79. The number of nitrogens with zero attached hydrogens (tertiary/aromatic N) is 2. The van der Waals surface area contributed by atoms with Crippen LogP contribution in [0.1, 0.15) is 33.3 Å². The standard InChI is InChI=1S/C17H30N4O2/c1-7-23-15-13(9-8-10-19-15)11-20-16(18-5)21-12-14(22-6)17(2,3)4/h8-10,14H,7,11-12H2,1-6H3,(H2,18,20,21). The fourth-order valence-corrected chi connectivity index (χ4v) is 2.16. The number of hydrogen-bond donors (Lipinski definition) is 2. The molecule has 130 valence electrons. The lowest BCUT2D eigenvalue weighted by Crippen LogP contribution is -2.45. The molecule has 0 bridgehead atoms. The quantitative estimate of drug-likeness (QED) is 0.595. The van der Waals surface area contributed by atoms with Gasteiger partial charge in [0.1, 0.15) is 0 Å². The van der Waals surface area contributed by atoms with Crippen LogP contribution in [0.4, 0.5) is 0 Å². The second-order valence-corrected chi connectivity index (χ2v) is 6.30. The maximum atomic E-state index is 5.55. The lowest BCUT2D eigenvalue weighted by atomic mass is 9.89. The number of methoxy groups -OCH3 is 1. The molecule has 0 saturated heterocycles. The van der Waals surface area contributed by atoms with Crippen LogP contribution in [0.25, 0.3) is 0 Å². The second kappa shape index (κ2) is 9.35. The summed E-state index contributed by atoms with van der Waals surface area (Å²) in [5.41, 5.74) is 1.06. The largest absolute Gasteiger partial charge is 0.478 e. The molecule has 6 nitrogen and oxygen atoms in total. The topological polar surface area (TPSA) is 67.8 Å². The van der Waals surface area contributed by atoms with E-state index in [0.29, 0.717) is 25.6 Å². The summed E-state index contributed by atoms with van der Waals surface area (Å²) in [4.78, 5) is 8.49. The Labute approximate surface area is 139 Å². The Balaban J connectivity index is 2.58. The number of nitrogens with one attached hydrogen (secondary N) is 2. The molecule has 6 heteroatoms. The van der Waals surface area contributed by atoms with Crippen molar-refractivity contribution in [3.05, 3.63) is 23.9 Å². The lowest BCUT2D eigenvalue weighted by molar-refractivity contribution is 0.0205. The van der Waals surface area contributed by atoms with Gasteiger partial charge >= 0.3 is 0 Å². The molecule has 23 heavy (non-hydrogen) atoms. The summed E-state index contributed by atoms with van der Waals surface area (Å²) in [5.74, 6) is 1.38. The maximum Gasteiger partial charge on any atom is 0.218 e. The van der Waals surface area contributed by atoms with E-state index in [1.807, 2.05) is 19.1 Å². The van der Waals surface area contributed by atoms with Crippen molar-refractivity contribution in [2.45, 2.75) is 40.3 Å². The van der Waals surface area contributed by atoms with Gasteiger partial charge < -0.3 is 20.1 Å². The fourth-order valence-electron chi connectivity index (χ4n) is 2.16. The average molecular weight is 322 g/mol. The average Bonchev–Trinajstić information content (AvgIpc) is 2.51. The Morgan fingerprint density at radius 3 is 2.65 bits per heavy atom. The van der Waals surface area contributed by atoms with Crippen LogP contribution in [-0.2, 0) is 11.3 Å². The van der Waals surface area contributed by atoms with Gasteiger partial charge in [-0.1, -0.05) is 26.8 Å². The molecule has 1 rings (SSSR count). The van der Waals surface area contributed by atoms with Gasteiger partial charge in [-0.2, -0.15) is 0 Å². The van der Waals surface area contributed by atoms with Gasteiger partial charge in [0.15, 0.2) is 5.96 Å². The molecule has 1 heterocycles. The number of ether oxygens (including phenoxy) is 2. The van der Waals surface area contributed by atoms with Crippen molar-refractivity contribution >= 4 is 5.96 Å². The van der Waals surface area contributed by atoms with E-state index in [-0.39, 0.29) is 11.5 Å². The molecular weight excluding hydrogens is 292 g/mol. The van der Waals surface area contributed by atoms with Crippen LogP contribution in [0, 0.1) is 5.41 Å². The van der Waals surface area contributed by atoms with Crippen LogP contribution >= 0.6 is 0 Å². The molecule has 0 aromatic carbocycles. The molecule has 1 aromatic heterocycles. The van der Waals surface area contributed by atoms with Gasteiger partial charge in [-0.15, -0.1) is 0 Å². The summed E-state index contributed by atoms with van der Waals surface area (Å²) in [5, 5.41) is 6.58. The van der Waals surface area contributed by atoms with E-state index in [9.17, 15) is 0 Å². The highest BCUT2D eigenvalue weighted by atomic mass is 16.5. The van der Waals surface area contributed by atoms with Crippen LogP contribution in [0.3, 0.4) is 0 Å². The van der Waals surface area contributed by atoms with Crippen molar-refractivity contribution in [2.24, 2.45) is 10.4 Å². The highest BCUT2D eigenvalue weighted by Gasteiger charge is 2.24. The third-order valence-corrected chi connectivity index (χ3v) is 3.51. The number of aromatic nitrogens is 1. The summed E-state index contributed by atoms with van der Waals surface area (Å²) < 4.78 is 11.1. The monoisotopic (exact) mass is 322 g/mol. The summed E-state index contributed by atoms with van der Waals surface area (Å²) in [6.07, 6.45) is 1.83. The number of rotatable bonds is 7. The smallest absolute Gasteiger partial charge is 0.218 e. The van der Waals surface area contributed by atoms with Gasteiger partial charge in [0, 0.05) is 39.0 Å². The molecule has 2 N–H and O–H groups in total. The van der Waals surface area contributed by atoms with E-state index < -0.39 is 0 Å². The minimum Gasteiger partial charge on any atom is -0.478 e. The van der Waals surface area contributed by atoms with E-state index in [1.165, 1.54) is 0 Å². The first kappa shape index (κ1) is 19.2. The van der Waals surface area contributed by atoms with Gasteiger partial charge in [-0.25, -0.2) is 4.98 Å². The van der Waals surface area contributed by atoms with Gasteiger partial charge in [0.05, 0.1) is 12.7 Å². The third-order valence-electron chi connectivity index (χ3n) is 3.51. The van der Waals surface area contributed by atoms with Gasteiger partial charge in [0.2, 0.25) is 5.88 Å². The molecule has 0 radical (unpaired) electrons. The number of pyridine rings is 1. The Morgan fingerprint density at radius 1 is 1.35 bits per heavy atom. The fraction of sp³-hybridized carbons (Fsp3) is 0.647. The van der Waals surface area contributed by atoms with E-state index in [1.54, 1.807) is 20.4 Å². The third kappa shape index (κ3) is 6.44. The van der Waals surface area contributed by atoms with Crippen molar-refractivity contribution in [3.63, 3.8) is 0 Å². The SMILES string of the molecule is CCOc1ncccc1CNC(=NC)NCC(OC)C(C)(C)C. The number of guanidine groups is 1. The van der Waals surface area contributed by atoms with Crippen LogP contribution in [0.5, 0.6) is 5.88 Å². The van der Waals surface area contributed by atoms with Crippen LogP contribution in [0.15, 0.2) is 23.3 Å². The number of hydrogen-bond acceptors (Lipinski definition) is 4. The summed E-state index contributed by atoms with van der Waals surface area (Å²) in [7, 11) is 3.48. The van der Waals surface area contributed by atoms with E-state index in [0.717, 1.165) is 11.5 Å². The minimum atomic E-state index is 0.0616. The number of aliphatic imine (C=N–C) groups is 1. The Bertz CT molecular complexity index is 498. The molecule has 0 fully saturated rings. The van der Waals surface area contributed by atoms with Crippen LogP contribution in [0.2, 0.25) is 0 Å². The van der Waals surface area contributed by atoms with Gasteiger partial charge in [-0.3, -0.25) is 4.99 Å². The van der Waals surface area contributed by atoms with Crippen molar-refractivity contribution in [2.75, 3.05) is 27.3 Å². The minimum absolute atomic E-state index is 0.0616. The summed E-state index contributed by atoms with van der Waals surface area (Å²) in [6.45, 7) is 10.3. The van der Waals surface area contributed by atoms with Crippen molar-refractivity contribution in [3.8, 4) is 5.88 Å². The van der Waals surface area contributed by atoms with E-state index in [2.05, 4.69) is 41.4 Å².